The second kappa shape index (κ2) is 9.99. The number of thioether (sulfide) groups is 1. The fraction of sp³-hybridized carbons (Fsp3) is 0.300. The van der Waals surface area contributed by atoms with Crippen molar-refractivity contribution in [1.29, 1.82) is 0 Å². The minimum Gasteiger partial charge on any atom is -0.383 e. The molecule has 26 heavy (non-hydrogen) atoms. The van der Waals surface area contributed by atoms with Crippen LogP contribution in [-0.4, -0.2) is 37.8 Å². The molecule has 0 atom stereocenters. The number of anilines is 1. The molecule has 0 radical (unpaired) electrons. The van der Waals surface area contributed by atoms with Crippen molar-refractivity contribution >= 4 is 29.3 Å². The molecule has 2 N–H and O–H groups in total. The Labute approximate surface area is 158 Å². The molecule has 5 nitrogen and oxygen atoms in total. The summed E-state index contributed by atoms with van der Waals surface area (Å²) in [6.07, 6.45) is 0. The van der Waals surface area contributed by atoms with Crippen molar-refractivity contribution in [3.05, 3.63) is 59.2 Å². The summed E-state index contributed by atoms with van der Waals surface area (Å²) in [5.41, 5.74) is 3.62. The number of carbonyl (C=O) groups excluding carboxylic acids is 2. The summed E-state index contributed by atoms with van der Waals surface area (Å²) in [4.78, 5) is 25.3. The predicted octanol–water partition coefficient (Wildman–Crippen LogP) is 3.41. The van der Waals surface area contributed by atoms with Gasteiger partial charge in [-0.15, -0.1) is 11.8 Å². The van der Waals surface area contributed by atoms with Crippen molar-refractivity contribution < 1.29 is 14.3 Å². The maximum Gasteiger partial charge on any atom is 0.256 e. The first-order valence-corrected chi connectivity index (χ1v) is 9.36. The third-order valence-corrected chi connectivity index (χ3v) is 4.96. The molecule has 0 aliphatic rings. The van der Waals surface area contributed by atoms with Crippen molar-refractivity contribution in [2.75, 3.05) is 31.3 Å². The highest BCUT2D eigenvalue weighted by atomic mass is 32.2. The van der Waals surface area contributed by atoms with Gasteiger partial charge in [0.25, 0.3) is 5.91 Å². The molecule has 0 aromatic heterocycles. The minimum atomic E-state index is -0.184. The average molecular weight is 372 g/mol. The van der Waals surface area contributed by atoms with Crippen LogP contribution in [0.3, 0.4) is 0 Å². The first kappa shape index (κ1) is 20.0. The summed E-state index contributed by atoms with van der Waals surface area (Å²) in [6.45, 7) is 5.00. The third-order valence-electron chi connectivity index (χ3n) is 3.88. The van der Waals surface area contributed by atoms with Crippen molar-refractivity contribution in [3.63, 3.8) is 0 Å². The highest BCUT2D eigenvalue weighted by Crippen LogP contribution is 2.24. The quantitative estimate of drug-likeness (QED) is 0.550. The summed E-state index contributed by atoms with van der Waals surface area (Å²) in [6, 6.07) is 13.1. The van der Waals surface area contributed by atoms with Crippen molar-refractivity contribution in [3.8, 4) is 0 Å². The number of nitrogens with one attached hydrogen (secondary N) is 2. The van der Waals surface area contributed by atoms with Crippen LogP contribution in [-0.2, 0) is 9.53 Å². The average Bonchev–Trinajstić information content (AvgIpc) is 2.63. The molecule has 2 aromatic carbocycles. The van der Waals surface area contributed by atoms with Gasteiger partial charge in [0.05, 0.1) is 17.9 Å². The molecule has 0 saturated carbocycles. The van der Waals surface area contributed by atoms with E-state index in [1.165, 1.54) is 17.3 Å². The standard InChI is InChI=1S/C20H24N2O3S/c1-14-8-9-16(12-15(14)2)22-20(24)17-6-4-5-7-18(17)26-13-19(23)21-10-11-25-3/h4-9,12H,10-11,13H2,1-3H3,(H,21,23)(H,22,24). The van der Waals surface area contributed by atoms with Crippen LogP contribution in [0.25, 0.3) is 0 Å². The van der Waals surface area contributed by atoms with Gasteiger partial charge in [0, 0.05) is 24.2 Å². The van der Waals surface area contributed by atoms with E-state index in [9.17, 15) is 9.59 Å². The normalized spacial score (nSPS) is 10.4. The van der Waals surface area contributed by atoms with Gasteiger partial charge in [0.1, 0.15) is 0 Å². The number of hydrogen-bond acceptors (Lipinski definition) is 4. The number of hydrogen-bond donors (Lipinski definition) is 2. The van der Waals surface area contributed by atoms with E-state index in [0.29, 0.717) is 18.7 Å². The Balaban J connectivity index is 2.01. The number of rotatable bonds is 8. The monoisotopic (exact) mass is 372 g/mol. The van der Waals surface area contributed by atoms with Gasteiger partial charge in [-0.2, -0.15) is 0 Å². The Morgan fingerprint density at radius 1 is 1.08 bits per heavy atom. The highest BCUT2D eigenvalue weighted by Gasteiger charge is 2.13. The topological polar surface area (TPSA) is 67.4 Å². The van der Waals surface area contributed by atoms with E-state index in [2.05, 4.69) is 10.6 Å². The number of aryl methyl sites for hydroxylation is 2. The maximum atomic E-state index is 12.6. The Hall–Kier alpha value is -2.31. The summed E-state index contributed by atoms with van der Waals surface area (Å²) in [5.74, 6) is -0.0231. The van der Waals surface area contributed by atoms with Gasteiger partial charge in [-0.3, -0.25) is 9.59 Å². The van der Waals surface area contributed by atoms with Gasteiger partial charge in [-0.25, -0.2) is 0 Å². The van der Waals surface area contributed by atoms with Gasteiger partial charge < -0.3 is 15.4 Å². The molecule has 6 heteroatoms. The zero-order valence-electron chi connectivity index (χ0n) is 15.3. The molecule has 138 valence electrons. The van der Waals surface area contributed by atoms with Gasteiger partial charge in [0.15, 0.2) is 0 Å². The molecule has 0 unspecified atom stereocenters. The molecule has 0 fully saturated rings. The Bertz CT molecular complexity index is 777. The zero-order chi connectivity index (χ0) is 18.9. The van der Waals surface area contributed by atoms with Gasteiger partial charge in [-0.1, -0.05) is 18.2 Å². The van der Waals surface area contributed by atoms with E-state index in [1.54, 1.807) is 13.2 Å². The van der Waals surface area contributed by atoms with Crippen LogP contribution < -0.4 is 10.6 Å². The van der Waals surface area contributed by atoms with Crippen molar-refractivity contribution in [1.82, 2.24) is 5.32 Å². The van der Waals surface area contributed by atoms with Crippen LogP contribution in [0.2, 0.25) is 0 Å². The van der Waals surface area contributed by atoms with Crippen LogP contribution in [0.5, 0.6) is 0 Å². The molecule has 2 rings (SSSR count). The van der Waals surface area contributed by atoms with Gasteiger partial charge in [-0.05, 0) is 49.2 Å². The lowest BCUT2D eigenvalue weighted by Gasteiger charge is -2.11. The van der Waals surface area contributed by atoms with Crippen LogP contribution in [0, 0.1) is 13.8 Å². The molecule has 2 aromatic rings. The van der Waals surface area contributed by atoms with E-state index >= 15 is 0 Å². The Morgan fingerprint density at radius 3 is 2.58 bits per heavy atom. The number of amides is 2. The SMILES string of the molecule is COCCNC(=O)CSc1ccccc1C(=O)Nc1ccc(C)c(C)c1. The third kappa shape index (κ3) is 5.89. The van der Waals surface area contributed by atoms with E-state index < -0.39 is 0 Å². The van der Waals surface area contributed by atoms with Crippen LogP contribution in [0.1, 0.15) is 21.5 Å². The summed E-state index contributed by atoms with van der Waals surface area (Å²) >= 11 is 1.34. The lowest BCUT2D eigenvalue weighted by atomic mass is 10.1. The van der Waals surface area contributed by atoms with Crippen LogP contribution in [0.15, 0.2) is 47.4 Å². The van der Waals surface area contributed by atoms with E-state index in [0.717, 1.165) is 16.1 Å². The predicted molar refractivity (Wildman–Crippen MR) is 106 cm³/mol. The highest BCUT2D eigenvalue weighted by molar-refractivity contribution is 8.00. The first-order chi connectivity index (χ1) is 12.5. The number of carbonyl (C=O) groups is 2. The maximum absolute atomic E-state index is 12.6. The van der Waals surface area contributed by atoms with Gasteiger partial charge in [0.2, 0.25) is 5.91 Å². The number of ether oxygens (including phenoxy) is 1. The van der Waals surface area contributed by atoms with E-state index in [4.69, 9.17) is 4.74 Å². The second-order valence-electron chi connectivity index (χ2n) is 5.88. The molecule has 0 aliphatic heterocycles. The lowest BCUT2D eigenvalue weighted by Crippen LogP contribution is -2.28. The zero-order valence-corrected chi connectivity index (χ0v) is 16.1. The summed E-state index contributed by atoms with van der Waals surface area (Å²) in [5, 5.41) is 5.70. The molecule has 0 aliphatic carbocycles. The Kier molecular flexibility index (Phi) is 7.69. The van der Waals surface area contributed by atoms with Crippen molar-refractivity contribution in [2.24, 2.45) is 0 Å². The molecular formula is C20H24N2O3S. The molecular weight excluding hydrogens is 348 g/mol. The lowest BCUT2D eigenvalue weighted by molar-refractivity contribution is -0.118. The fourth-order valence-corrected chi connectivity index (χ4v) is 3.16. The smallest absolute Gasteiger partial charge is 0.256 e. The summed E-state index contributed by atoms with van der Waals surface area (Å²) < 4.78 is 4.90. The Morgan fingerprint density at radius 2 is 1.85 bits per heavy atom. The number of methoxy groups -OCH3 is 1. The molecule has 0 spiro atoms. The second-order valence-corrected chi connectivity index (χ2v) is 6.90. The van der Waals surface area contributed by atoms with E-state index in [1.807, 2.05) is 50.2 Å². The van der Waals surface area contributed by atoms with E-state index in [-0.39, 0.29) is 17.6 Å². The largest absolute Gasteiger partial charge is 0.383 e. The molecule has 0 bridgehead atoms. The number of benzene rings is 2. The summed E-state index contributed by atoms with van der Waals surface area (Å²) in [7, 11) is 1.59. The van der Waals surface area contributed by atoms with Crippen LogP contribution in [0.4, 0.5) is 5.69 Å². The van der Waals surface area contributed by atoms with Gasteiger partial charge >= 0.3 is 0 Å². The fourth-order valence-electron chi connectivity index (χ4n) is 2.28. The minimum absolute atomic E-state index is 0.0866. The molecule has 0 saturated heterocycles. The van der Waals surface area contributed by atoms with Crippen molar-refractivity contribution in [2.45, 2.75) is 18.7 Å². The van der Waals surface area contributed by atoms with Crippen LogP contribution >= 0.6 is 11.8 Å². The molecule has 0 heterocycles. The first-order valence-electron chi connectivity index (χ1n) is 8.37. The molecule has 2 amide bonds.